The van der Waals surface area contributed by atoms with Crippen LogP contribution >= 0.6 is 0 Å². The van der Waals surface area contributed by atoms with Crippen LogP contribution in [0.4, 0.5) is 0 Å². The molecule has 2 amide bonds. The number of benzene rings is 2. The average Bonchev–Trinajstić information content (AvgIpc) is 3.35. The molecule has 6 nitrogen and oxygen atoms in total. The Kier molecular flexibility index (Phi) is 5.45. The van der Waals surface area contributed by atoms with Crippen LogP contribution < -0.4 is 0 Å². The van der Waals surface area contributed by atoms with Gasteiger partial charge < -0.3 is 0 Å². The molecule has 6 heteroatoms. The zero-order valence-corrected chi connectivity index (χ0v) is 18.1. The van der Waals surface area contributed by atoms with Crippen molar-refractivity contribution in [2.75, 3.05) is 13.7 Å². The van der Waals surface area contributed by atoms with E-state index >= 15 is 0 Å². The first-order chi connectivity index (χ1) is 15.6. The maximum Gasteiger partial charge on any atom is 0.234 e. The van der Waals surface area contributed by atoms with E-state index < -0.39 is 0 Å². The summed E-state index contributed by atoms with van der Waals surface area (Å²) in [6.07, 6.45) is 7.40. The highest BCUT2D eigenvalue weighted by Crippen LogP contribution is 2.35. The first-order valence-corrected chi connectivity index (χ1v) is 11.0. The minimum atomic E-state index is -0.193. The van der Waals surface area contributed by atoms with Gasteiger partial charge in [-0.1, -0.05) is 60.7 Å². The summed E-state index contributed by atoms with van der Waals surface area (Å²) in [7, 11) is 1.94. The second-order valence-electron chi connectivity index (χ2n) is 8.56. The number of imide groups is 1. The number of likely N-dealkylation sites (tertiary alicyclic amines) is 1. The Bertz CT molecular complexity index is 1130. The molecule has 1 fully saturated rings. The Morgan fingerprint density at radius 1 is 0.906 bits per heavy atom. The molecule has 162 valence electrons. The molecule has 5 rings (SSSR count). The van der Waals surface area contributed by atoms with Gasteiger partial charge in [-0.2, -0.15) is 5.10 Å². The van der Waals surface area contributed by atoms with Crippen LogP contribution in [0.3, 0.4) is 0 Å². The van der Waals surface area contributed by atoms with E-state index in [1.165, 1.54) is 4.90 Å². The number of carbonyl (C=O) groups is 2. The highest BCUT2D eigenvalue weighted by Gasteiger charge is 2.47. The van der Waals surface area contributed by atoms with E-state index in [1.807, 2.05) is 95.6 Å². The largest absolute Gasteiger partial charge is 0.284 e. The predicted molar refractivity (Wildman–Crippen MR) is 123 cm³/mol. The second kappa shape index (κ2) is 8.55. The number of carbonyl (C=O) groups excluding carboxylic acids is 2. The standard InChI is InChI=1S/C26H26N4O2/c1-28(18-29-25(31)22-14-8-9-15-23(22)26(29)32)16-20-17-30(21-12-6-3-7-13-21)27-24(20)19-10-4-2-5-11-19/h2-13,17,22-23H,14-16,18H2,1H3/t22-,23-/m0/s1. The first kappa shape index (κ1) is 20.4. The third-order valence-electron chi connectivity index (χ3n) is 6.28. The van der Waals surface area contributed by atoms with Crippen molar-refractivity contribution < 1.29 is 9.59 Å². The Hall–Kier alpha value is -3.51. The first-order valence-electron chi connectivity index (χ1n) is 11.0. The summed E-state index contributed by atoms with van der Waals surface area (Å²) in [4.78, 5) is 29.1. The third-order valence-corrected chi connectivity index (χ3v) is 6.28. The predicted octanol–water partition coefficient (Wildman–Crippen LogP) is 3.88. The molecule has 0 radical (unpaired) electrons. The summed E-state index contributed by atoms with van der Waals surface area (Å²) in [5.74, 6) is -0.470. The van der Waals surface area contributed by atoms with Crippen molar-refractivity contribution in [1.82, 2.24) is 19.6 Å². The molecule has 2 heterocycles. The topological polar surface area (TPSA) is 58.4 Å². The Labute approximate surface area is 187 Å². The average molecular weight is 427 g/mol. The SMILES string of the molecule is CN(Cc1cn(-c2ccccc2)nc1-c1ccccc1)CN1C(=O)[C@H]2CC=CC[C@@H]2C1=O. The van der Waals surface area contributed by atoms with E-state index in [4.69, 9.17) is 5.10 Å². The molecule has 1 aromatic heterocycles. The van der Waals surface area contributed by atoms with Crippen LogP contribution in [0.5, 0.6) is 0 Å². The highest BCUT2D eigenvalue weighted by molar-refractivity contribution is 6.05. The highest BCUT2D eigenvalue weighted by atomic mass is 16.2. The number of nitrogens with zero attached hydrogens (tertiary/aromatic N) is 4. The normalized spacial score (nSPS) is 20.2. The molecule has 1 aliphatic carbocycles. The summed E-state index contributed by atoms with van der Waals surface area (Å²) in [5, 5.41) is 4.86. The van der Waals surface area contributed by atoms with Crippen LogP contribution in [0.1, 0.15) is 18.4 Å². The van der Waals surface area contributed by atoms with Crippen LogP contribution in [-0.4, -0.2) is 45.1 Å². The maximum atomic E-state index is 12.8. The molecular weight excluding hydrogens is 400 g/mol. The van der Waals surface area contributed by atoms with Crippen molar-refractivity contribution in [3.63, 3.8) is 0 Å². The smallest absolute Gasteiger partial charge is 0.234 e. The number of amides is 2. The fourth-order valence-electron chi connectivity index (χ4n) is 4.67. The number of fused-ring (bicyclic) bond motifs is 1. The minimum Gasteiger partial charge on any atom is -0.284 e. The molecule has 3 aromatic rings. The van der Waals surface area contributed by atoms with Crippen LogP contribution in [0.15, 0.2) is 79.0 Å². The van der Waals surface area contributed by atoms with Gasteiger partial charge in [0, 0.05) is 23.9 Å². The molecule has 0 unspecified atom stereocenters. The lowest BCUT2D eigenvalue weighted by atomic mass is 9.85. The Morgan fingerprint density at radius 2 is 1.50 bits per heavy atom. The van der Waals surface area contributed by atoms with Crippen LogP contribution in [0, 0.1) is 11.8 Å². The van der Waals surface area contributed by atoms with Gasteiger partial charge in [-0.25, -0.2) is 4.68 Å². The van der Waals surface area contributed by atoms with Crippen molar-refractivity contribution in [3.8, 4) is 16.9 Å². The van der Waals surface area contributed by atoms with Gasteiger partial charge >= 0.3 is 0 Å². The zero-order chi connectivity index (χ0) is 22.1. The summed E-state index contributed by atoms with van der Waals surface area (Å²) in [5.41, 5.74) is 3.97. The van der Waals surface area contributed by atoms with Crippen LogP contribution in [0.25, 0.3) is 16.9 Å². The quantitative estimate of drug-likeness (QED) is 0.443. The van der Waals surface area contributed by atoms with Crippen molar-refractivity contribution in [1.29, 1.82) is 0 Å². The fraction of sp³-hybridized carbons (Fsp3) is 0.269. The van der Waals surface area contributed by atoms with E-state index in [0.29, 0.717) is 19.4 Å². The molecule has 2 aromatic carbocycles. The van der Waals surface area contributed by atoms with Gasteiger partial charge in [0.25, 0.3) is 0 Å². The summed E-state index contributed by atoms with van der Waals surface area (Å²) >= 11 is 0. The molecule has 0 bridgehead atoms. The van der Waals surface area contributed by atoms with E-state index in [0.717, 1.165) is 22.5 Å². The van der Waals surface area contributed by atoms with Gasteiger partial charge in [0.15, 0.2) is 0 Å². The molecule has 1 saturated heterocycles. The van der Waals surface area contributed by atoms with Crippen LogP contribution in [0.2, 0.25) is 0 Å². The Morgan fingerprint density at radius 3 is 2.12 bits per heavy atom. The Balaban J connectivity index is 1.39. The third kappa shape index (κ3) is 3.78. The van der Waals surface area contributed by atoms with E-state index in [1.54, 1.807) is 0 Å². The van der Waals surface area contributed by atoms with Gasteiger partial charge in [0.1, 0.15) is 0 Å². The van der Waals surface area contributed by atoms with E-state index in [2.05, 4.69) is 0 Å². The molecular formula is C26H26N4O2. The van der Waals surface area contributed by atoms with Crippen molar-refractivity contribution in [2.45, 2.75) is 19.4 Å². The molecule has 0 saturated carbocycles. The van der Waals surface area contributed by atoms with Crippen molar-refractivity contribution >= 4 is 11.8 Å². The molecule has 0 N–H and O–H groups in total. The minimum absolute atomic E-state index is 0.0422. The lowest BCUT2D eigenvalue weighted by Gasteiger charge is -2.23. The molecule has 1 aliphatic heterocycles. The second-order valence-corrected chi connectivity index (χ2v) is 8.56. The van der Waals surface area contributed by atoms with Crippen LogP contribution in [-0.2, 0) is 16.1 Å². The molecule has 0 spiro atoms. The number of rotatable bonds is 6. The number of hydrogen-bond donors (Lipinski definition) is 0. The van der Waals surface area contributed by atoms with Gasteiger partial charge in [0.2, 0.25) is 11.8 Å². The number of allylic oxidation sites excluding steroid dienone is 2. The molecule has 2 atom stereocenters. The van der Waals surface area contributed by atoms with E-state index in [-0.39, 0.29) is 30.3 Å². The number of para-hydroxylation sites is 1. The molecule has 32 heavy (non-hydrogen) atoms. The number of hydrogen-bond acceptors (Lipinski definition) is 4. The van der Waals surface area contributed by atoms with Crippen molar-refractivity contribution in [2.24, 2.45) is 11.8 Å². The monoisotopic (exact) mass is 426 g/mol. The van der Waals surface area contributed by atoms with Gasteiger partial charge in [0.05, 0.1) is 29.9 Å². The lowest BCUT2D eigenvalue weighted by molar-refractivity contribution is -0.142. The molecule has 2 aliphatic rings. The summed E-state index contributed by atoms with van der Waals surface area (Å²) in [6, 6.07) is 20.1. The van der Waals surface area contributed by atoms with Crippen molar-refractivity contribution in [3.05, 3.63) is 84.6 Å². The maximum absolute atomic E-state index is 12.8. The van der Waals surface area contributed by atoms with Gasteiger partial charge in [-0.3, -0.25) is 19.4 Å². The summed E-state index contributed by atoms with van der Waals surface area (Å²) in [6.45, 7) is 0.858. The van der Waals surface area contributed by atoms with E-state index in [9.17, 15) is 9.59 Å². The zero-order valence-electron chi connectivity index (χ0n) is 18.1. The number of aromatic nitrogens is 2. The lowest BCUT2D eigenvalue weighted by Crippen LogP contribution is -2.40. The van der Waals surface area contributed by atoms with Gasteiger partial charge in [-0.15, -0.1) is 0 Å². The summed E-state index contributed by atoms with van der Waals surface area (Å²) < 4.78 is 1.89. The van der Waals surface area contributed by atoms with Gasteiger partial charge in [-0.05, 0) is 32.0 Å². The fourth-order valence-corrected chi connectivity index (χ4v) is 4.67.